The lowest BCUT2D eigenvalue weighted by atomic mass is 10.2. The van der Waals surface area contributed by atoms with E-state index in [0.29, 0.717) is 5.02 Å². The first-order chi connectivity index (χ1) is 13.6. The molecule has 0 fully saturated rings. The highest BCUT2D eigenvalue weighted by molar-refractivity contribution is 6.31. The van der Waals surface area contributed by atoms with Crippen LogP contribution in [0.4, 0.5) is 15.4 Å². The molecule has 0 aliphatic rings. The van der Waals surface area contributed by atoms with Gasteiger partial charge in [-0.05, 0) is 17.2 Å². The Morgan fingerprint density at radius 2 is 1.32 bits per heavy atom. The number of carbonyl (C=O) groups excluding carboxylic acids is 2. The van der Waals surface area contributed by atoms with Gasteiger partial charge < -0.3 is 9.47 Å². The predicted molar refractivity (Wildman–Crippen MR) is 105 cm³/mol. The average Bonchev–Trinajstić information content (AvgIpc) is 2.72. The van der Waals surface area contributed by atoms with Crippen LogP contribution < -0.4 is 4.90 Å². The van der Waals surface area contributed by atoms with Gasteiger partial charge in [0.2, 0.25) is 0 Å². The van der Waals surface area contributed by atoms with Gasteiger partial charge in [-0.3, -0.25) is 0 Å². The number of amides is 2. The fourth-order valence-electron chi connectivity index (χ4n) is 2.35. The minimum atomic E-state index is -0.906. The number of aromatic nitrogens is 1. The maximum atomic E-state index is 12.6. The van der Waals surface area contributed by atoms with E-state index in [2.05, 4.69) is 4.98 Å². The Labute approximate surface area is 167 Å². The van der Waals surface area contributed by atoms with Crippen LogP contribution >= 0.6 is 11.6 Å². The van der Waals surface area contributed by atoms with Gasteiger partial charge in [0.25, 0.3) is 0 Å². The van der Waals surface area contributed by atoms with Gasteiger partial charge in [0.1, 0.15) is 19.0 Å². The van der Waals surface area contributed by atoms with E-state index in [1.807, 2.05) is 60.7 Å². The van der Waals surface area contributed by atoms with E-state index in [-0.39, 0.29) is 19.0 Å². The zero-order valence-corrected chi connectivity index (χ0v) is 15.6. The third kappa shape index (κ3) is 5.31. The molecular weight excluding hydrogens is 380 g/mol. The first kappa shape index (κ1) is 19.4. The third-order valence-corrected chi connectivity index (χ3v) is 3.95. The Kier molecular flexibility index (Phi) is 6.59. The van der Waals surface area contributed by atoms with Crippen molar-refractivity contribution in [3.05, 3.63) is 95.1 Å². The molecule has 0 unspecified atom stereocenters. The molecule has 2 aromatic carbocycles. The molecule has 0 atom stereocenters. The minimum Gasteiger partial charge on any atom is -0.444 e. The summed E-state index contributed by atoms with van der Waals surface area (Å²) < 4.78 is 10.5. The molecule has 1 aromatic heterocycles. The molecule has 0 saturated carbocycles. The van der Waals surface area contributed by atoms with Crippen LogP contribution in [-0.4, -0.2) is 17.2 Å². The molecule has 0 N–H and O–H groups in total. The van der Waals surface area contributed by atoms with Gasteiger partial charge in [0.05, 0.1) is 0 Å². The molecule has 28 heavy (non-hydrogen) atoms. The second kappa shape index (κ2) is 9.53. The van der Waals surface area contributed by atoms with Crippen molar-refractivity contribution in [3.8, 4) is 0 Å². The number of hydrogen-bond donors (Lipinski definition) is 0. The lowest BCUT2D eigenvalue weighted by Crippen LogP contribution is -2.38. The zero-order chi connectivity index (χ0) is 19.8. The quantitative estimate of drug-likeness (QED) is 0.591. The minimum absolute atomic E-state index is 0.00268. The monoisotopic (exact) mass is 396 g/mol. The molecule has 0 radical (unpaired) electrons. The van der Waals surface area contributed by atoms with Crippen LogP contribution in [0.5, 0.6) is 0 Å². The van der Waals surface area contributed by atoms with Crippen molar-refractivity contribution in [2.45, 2.75) is 13.2 Å². The van der Waals surface area contributed by atoms with Crippen LogP contribution in [-0.2, 0) is 22.7 Å². The molecule has 0 saturated heterocycles. The van der Waals surface area contributed by atoms with Crippen molar-refractivity contribution >= 4 is 29.6 Å². The molecule has 0 bridgehead atoms. The number of ether oxygens (including phenoxy) is 2. The predicted octanol–water partition coefficient (Wildman–Crippen LogP) is 5.22. The topological polar surface area (TPSA) is 68.7 Å². The normalized spacial score (nSPS) is 10.2. The summed E-state index contributed by atoms with van der Waals surface area (Å²) in [6, 6.07) is 21.2. The largest absolute Gasteiger partial charge is 0.444 e. The Bertz CT molecular complexity index is 880. The molecule has 0 spiro atoms. The maximum absolute atomic E-state index is 12.6. The molecule has 6 nitrogen and oxygen atoms in total. The Morgan fingerprint density at radius 1 is 0.821 bits per heavy atom. The molecule has 1 heterocycles. The lowest BCUT2D eigenvalue weighted by Gasteiger charge is -2.19. The van der Waals surface area contributed by atoms with E-state index in [0.717, 1.165) is 16.0 Å². The number of imide groups is 1. The average molecular weight is 397 g/mol. The Morgan fingerprint density at radius 3 is 1.79 bits per heavy atom. The van der Waals surface area contributed by atoms with Gasteiger partial charge >= 0.3 is 12.2 Å². The van der Waals surface area contributed by atoms with Crippen LogP contribution in [0, 0.1) is 0 Å². The number of benzene rings is 2. The Balaban J connectivity index is 1.74. The van der Waals surface area contributed by atoms with E-state index >= 15 is 0 Å². The molecule has 3 rings (SSSR count). The van der Waals surface area contributed by atoms with Crippen LogP contribution in [0.3, 0.4) is 0 Å². The summed E-state index contributed by atoms with van der Waals surface area (Å²) in [6.07, 6.45) is -0.423. The third-order valence-electron chi connectivity index (χ3n) is 3.71. The van der Waals surface area contributed by atoms with Crippen LogP contribution in [0.15, 0.2) is 79.0 Å². The van der Waals surface area contributed by atoms with Crippen molar-refractivity contribution in [3.63, 3.8) is 0 Å². The summed E-state index contributed by atoms with van der Waals surface area (Å²) in [4.78, 5) is 30.0. The fraction of sp³-hybridized carbons (Fsp3) is 0.0952. The number of halogens is 1. The van der Waals surface area contributed by atoms with Crippen LogP contribution in [0.25, 0.3) is 0 Å². The highest BCUT2D eigenvalue weighted by Crippen LogP contribution is 2.19. The van der Waals surface area contributed by atoms with Crippen molar-refractivity contribution in [2.75, 3.05) is 4.90 Å². The molecular formula is C21H17ClN2O4. The number of hydrogen-bond acceptors (Lipinski definition) is 5. The van der Waals surface area contributed by atoms with Crippen LogP contribution in [0.2, 0.25) is 5.02 Å². The van der Waals surface area contributed by atoms with Crippen LogP contribution in [0.1, 0.15) is 11.1 Å². The zero-order valence-electron chi connectivity index (χ0n) is 14.8. The summed E-state index contributed by atoms with van der Waals surface area (Å²) >= 11 is 5.97. The van der Waals surface area contributed by atoms with Crippen molar-refractivity contribution < 1.29 is 19.1 Å². The highest BCUT2D eigenvalue weighted by Gasteiger charge is 2.28. The first-order valence-electron chi connectivity index (χ1n) is 8.46. The highest BCUT2D eigenvalue weighted by atomic mass is 35.5. The first-order valence-corrected chi connectivity index (χ1v) is 8.84. The number of nitrogens with zero attached hydrogens (tertiary/aromatic N) is 2. The van der Waals surface area contributed by atoms with Gasteiger partial charge in [0.15, 0.2) is 0 Å². The van der Waals surface area contributed by atoms with E-state index in [9.17, 15) is 9.59 Å². The van der Waals surface area contributed by atoms with Gasteiger partial charge in [-0.1, -0.05) is 72.3 Å². The molecule has 7 heteroatoms. The summed E-state index contributed by atoms with van der Waals surface area (Å²) in [5.74, 6) is 0.0172. The number of carbonyl (C=O) groups is 2. The van der Waals surface area contributed by atoms with Gasteiger partial charge in [-0.15, -0.1) is 0 Å². The number of pyridine rings is 1. The standard InChI is InChI=1S/C21H17ClN2O4/c22-18-11-12-23-19(13-18)24(20(25)27-14-16-7-3-1-4-8-16)21(26)28-15-17-9-5-2-6-10-17/h1-13H,14-15H2. The lowest BCUT2D eigenvalue weighted by molar-refractivity contribution is 0.127. The van der Waals surface area contributed by atoms with E-state index < -0.39 is 12.2 Å². The molecule has 3 aromatic rings. The molecule has 0 aliphatic heterocycles. The number of anilines is 1. The smallest absolute Gasteiger partial charge is 0.425 e. The Hall–Kier alpha value is -3.38. The van der Waals surface area contributed by atoms with Crippen molar-refractivity contribution in [2.24, 2.45) is 0 Å². The summed E-state index contributed by atoms with van der Waals surface area (Å²) in [5, 5.41) is 0.321. The second-order valence-electron chi connectivity index (χ2n) is 5.75. The maximum Gasteiger partial charge on any atom is 0.425 e. The molecule has 142 valence electrons. The SMILES string of the molecule is O=C(OCc1ccccc1)N(C(=O)OCc1ccccc1)c1cc(Cl)ccn1. The summed E-state index contributed by atoms with van der Waals surface area (Å²) in [6.45, 7) is 0.00537. The van der Waals surface area contributed by atoms with E-state index in [1.165, 1.54) is 18.3 Å². The summed E-state index contributed by atoms with van der Waals surface area (Å²) in [7, 11) is 0. The number of rotatable bonds is 5. The van der Waals surface area contributed by atoms with E-state index in [4.69, 9.17) is 21.1 Å². The molecule has 0 aliphatic carbocycles. The second-order valence-corrected chi connectivity index (χ2v) is 6.18. The fourth-order valence-corrected chi connectivity index (χ4v) is 2.50. The van der Waals surface area contributed by atoms with Gasteiger partial charge in [-0.25, -0.2) is 14.6 Å². The van der Waals surface area contributed by atoms with Gasteiger partial charge in [0, 0.05) is 17.3 Å². The molecule has 2 amide bonds. The van der Waals surface area contributed by atoms with Crippen molar-refractivity contribution in [1.29, 1.82) is 0 Å². The van der Waals surface area contributed by atoms with Gasteiger partial charge in [-0.2, -0.15) is 4.90 Å². The van der Waals surface area contributed by atoms with E-state index in [1.54, 1.807) is 0 Å². The van der Waals surface area contributed by atoms with Crippen molar-refractivity contribution in [1.82, 2.24) is 4.98 Å². The summed E-state index contributed by atoms with van der Waals surface area (Å²) in [5.41, 5.74) is 1.57.